The number of alkyl halides is 3. The Kier molecular flexibility index (Phi) is 2.41. The Morgan fingerprint density at radius 3 is 2.47 bits per heavy atom. The Balaban J connectivity index is 2.85. The lowest BCUT2D eigenvalue weighted by molar-refractivity contribution is 0.00846. The van der Waals surface area contributed by atoms with E-state index in [-0.39, 0.29) is 16.2 Å². The summed E-state index contributed by atoms with van der Waals surface area (Å²) in [4.78, 5) is 30.1. The molecule has 0 amide bonds. The second kappa shape index (κ2) is 3.64. The van der Waals surface area contributed by atoms with Crippen LogP contribution < -0.4 is 17.0 Å². The van der Waals surface area contributed by atoms with E-state index in [1.165, 1.54) is 0 Å². The number of fused-ring (bicyclic) bond motifs is 1. The van der Waals surface area contributed by atoms with Crippen molar-refractivity contribution < 1.29 is 13.2 Å². The summed E-state index contributed by atoms with van der Waals surface area (Å²) in [5.41, 5.74) is 2.04. The van der Waals surface area contributed by atoms with Crippen molar-refractivity contribution in [3.05, 3.63) is 20.8 Å². The lowest BCUT2D eigenvalue weighted by Gasteiger charge is -2.07. The quantitative estimate of drug-likeness (QED) is 0.680. The van der Waals surface area contributed by atoms with E-state index >= 15 is 0 Å². The number of nitrogens with zero attached hydrogens (tertiary/aromatic N) is 2. The first-order valence-corrected chi connectivity index (χ1v) is 4.34. The number of aromatic nitrogens is 4. The van der Waals surface area contributed by atoms with Gasteiger partial charge in [0.05, 0.1) is 0 Å². The van der Waals surface area contributed by atoms with Crippen LogP contribution in [-0.4, -0.2) is 25.9 Å². The number of hydrogen-bond acceptors (Lipinski definition) is 4. The van der Waals surface area contributed by atoms with E-state index in [2.05, 4.69) is 4.98 Å². The van der Waals surface area contributed by atoms with Gasteiger partial charge < -0.3 is 5.73 Å². The zero-order valence-corrected chi connectivity index (χ0v) is 8.08. The molecule has 0 fully saturated rings. The van der Waals surface area contributed by atoms with Crippen LogP contribution in [0.15, 0.2) is 9.59 Å². The molecule has 0 aliphatic heterocycles. The van der Waals surface area contributed by atoms with Crippen molar-refractivity contribution in [1.29, 1.82) is 0 Å². The Morgan fingerprint density at radius 2 is 1.88 bits per heavy atom. The molecule has 2 aromatic rings. The number of imidazole rings is 1. The van der Waals surface area contributed by atoms with Gasteiger partial charge in [-0.2, -0.15) is 4.98 Å². The zero-order chi connectivity index (χ0) is 12.7. The second-order valence-corrected chi connectivity index (χ2v) is 3.16. The molecule has 2 aromatic heterocycles. The number of halogens is 3. The minimum absolute atomic E-state index is 0.00523. The van der Waals surface area contributed by atoms with Crippen LogP contribution in [0.5, 0.6) is 0 Å². The summed E-state index contributed by atoms with van der Waals surface area (Å²) in [6.45, 7) is 0. The highest BCUT2D eigenvalue weighted by molar-refractivity contribution is 5.70. The lowest BCUT2D eigenvalue weighted by Crippen LogP contribution is -2.26. The number of aromatic amines is 2. The summed E-state index contributed by atoms with van der Waals surface area (Å²) >= 11 is 0. The van der Waals surface area contributed by atoms with Crippen LogP contribution in [0, 0.1) is 0 Å². The van der Waals surface area contributed by atoms with Gasteiger partial charge in [0.1, 0.15) is 0 Å². The Bertz CT molecular complexity index is 672. The van der Waals surface area contributed by atoms with Gasteiger partial charge in [-0.3, -0.25) is 14.8 Å². The highest BCUT2D eigenvalue weighted by Gasteiger charge is 2.27. The fourth-order valence-electron chi connectivity index (χ4n) is 1.41. The number of nitrogen functional groups attached to an aromatic ring is 1. The van der Waals surface area contributed by atoms with Crippen LogP contribution in [0.2, 0.25) is 0 Å². The number of H-pyrrole nitrogens is 2. The molecule has 0 aliphatic rings. The topological polar surface area (TPSA) is 110 Å². The molecule has 7 nitrogen and oxygen atoms in total. The molecular formula is C7H6F3N5O2. The van der Waals surface area contributed by atoms with Crippen molar-refractivity contribution in [2.45, 2.75) is 12.7 Å². The third kappa shape index (κ3) is 1.66. The molecule has 0 spiro atoms. The van der Waals surface area contributed by atoms with Crippen LogP contribution in [0.4, 0.5) is 19.1 Å². The zero-order valence-electron chi connectivity index (χ0n) is 8.08. The van der Waals surface area contributed by atoms with Gasteiger partial charge in [0.2, 0.25) is 12.2 Å². The van der Waals surface area contributed by atoms with E-state index in [4.69, 9.17) is 5.73 Å². The molecule has 0 saturated heterocycles. The summed E-state index contributed by atoms with van der Waals surface area (Å²) in [6.07, 6.45) is -6.37. The molecule has 1 unspecified atom stereocenters. The van der Waals surface area contributed by atoms with Crippen molar-refractivity contribution in [1.82, 2.24) is 19.5 Å². The van der Waals surface area contributed by atoms with Crippen molar-refractivity contribution in [2.75, 3.05) is 5.73 Å². The molecule has 2 heterocycles. The predicted molar refractivity (Wildman–Crippen MR) is 51.5 cm³/mol. The molecule has 92 valence electrons. The van der Waals surface area contributed by atoms with E-state index in [0.29, 0.717) is 0 Å². The summed E-state index contributed by atoms with van der Waals surface area (Å²) in [6, 6.07) is 0. The van der Waals surface area contributed by atoms with Gasteiger partial charge in [0, 0.05) is 0 Å². The number of rotatable bonds is 2. The van der Waals surface area contributed by atoms with E-state index in [1.807, 2.05) is 9.97 Å². The minimum Gasteiger partial charge on any atom is -0.369 e. The van der Waals surface area contributed by atoms with Gasteiger partial charge in [0.25, 0.3) is 12.0 Å². The van der Waals surface area contributed by atoms with Crippen LogP contribution in [0.3, 0.4) is 0 Å². The van der Waals surface area contributed by atoms with Crippen molar-refractivity contribution in [2.24, 2.45) is 0 Å². The Hall–Kier alpha value is -2.26. The largest absolute Gasteiger partial charge is 0.369 e. The summed E-state index contributed by atoms with van der Waals surface area (Å²) in [7, 11) is 0. The molecular weight excluding hydrogens is 243 g/mol. The first kappa shape index (κ1) is 11.2. The maximum Gasteiger partial charge on any atom is 0.330 e. The lowest BCUT2D eigenvalue weighted by atomic mass is 10.5. The Labute approximate surface area is 90.1 Å². The van der Waals surface area contributed by atoms with Gasteiger partial charge in [-0.1, -0.05) is 0 Å². The maximum atomic E-state index is 13.1. The van der Waals surface area contributed by atoms with E-state index in [1.54, 1.807) is 0 Å². The smallest absolute Gasteiger partial charge is 0.330 e. The van der Waals surface area contributed by atoms with E-state index < -0.39 is 29.5 Å². The third-order valence-electron chi connectivity index (χ3n) is 2.05. The van der Waals surface area contributed by atoms with Gasteiger partial charge >= 0.3 is 5.69 Å². The molecule has 0 aromatic carbocycles. The highest BCUT2D eigenvalue weighted by Crippen LogP contribution is 2.18. The van der Waals surface area contributed by atoms with E-state index in [9.17, 15) is 22.8 Å². The molecule has 0 radical (unpaired) electrons. The average molecular weight is 249 g/mol. The number of nitrogens with two attached hydrogens (primary N) is 1. The maximum absolute atomic E-state index is 13.1. The summed E-state index contributed by atoms with van der Waals surface area (Å²) in [5, 5.41) is 0. The normalized spacial score (nSPS) is 13.4. The SMILES string of the molecule is Nc1nc2[nH]c(=O)n(C(F)C(F)F)c2c(=O)[nH]1. The molecule has 0 bridgehead atoms. The van der Waals surface area contributed by atoms with Crippen molar-refractivity contribution in [3.63, 3.8) is 0 Å². The molecule has 2 rings (SSSR count). The molecule has 4 N–H and O–H groups in total. The van der Waals surface area contributed by atoms with Gasteiger partial charge in [-0.15, -0.1) is 0 Å². The van der Waals surface area contributed by atoms with E-state index in [0.717, 1.165) is 0 Å². The molecule has 10 heteroatoms. The fraction of sp³-hybridized carbons (Fsp3) is 0.286. The number of hydrogen-bond donors (Lipinski definition) is 3. The minimum atomic E-state index is -3.44. The van der Waals surface area contributed by atoms with Crippen LogP contribution in [-0.2, 0) is 0 Å². The average Bonchev–Trinajstić information content (AvgIpc) is 2.53. The first-order chi connectivity index (χ1) is 7.91. The fourth-order valence-corrected chi connectivity index (χ4v) is 1.41. The molecule has 17 heavy (non-hydrogen) atoms. The van der Waals surface area contributed by atoms with Gasteiger partial charge in [-0.05, 0) is 0 Å². The van der Waals surface area contributed by atoms with Crippen molar-refractivity contribution in [3.8, 4) is 0 Å². The first-order valence-electron chi connectivity index (χ1n) is 4.34. The predicted octanol–water partition coefficient (Wildman–Crippen LogP) is -0.272. The molecule has 0 aliphatic carbocycles. The third-order valence-corrected chi connectivity index (χ3v) is 2.05. The second-order valence-electron chi connectivity index (χ2n) is 3.16. The highest BCUT2D eigenvalue weighted by atomic mass is 19.3. The van der Waals surface area contributed by atoms with Crippen LogP contribution >= 0.6 is 0 Å². The Morgan fingerprint density at radius 1 is 1.24 bits per heavy atom. The van der Waals surface area contributed by atoms with Crippen molar-refractivity contribution >= 4 is 17.1 Å². The number of anilines is 1. The number of nitrogens with one attached hydrogen (secondary N) is 2. The monoisotopic (exact) mass is 249 g/mol. The standard InChI is InChI=1S/C7H6F3N5O2/c8-2(9)3(10)15-1-4(13-7(15)17)12-6(11)14-5(1)16/h2-3H,(H4,11,12,13,14,16,17). The molecule has 1 atom stereocenters. The summed E-state index contributed by atoms with van der Waals surface area (Å²) in [5.74, 6) is -0.316. The van der Waals surface area contributed by atoms with Crippen LogP contribution in [0.25, 0.3) is 11.2 Å². The molecule has 0 saturated carbocycles. The van der Waals surface area contributed by atoms with Crippen LogP contribution in [0.1, 0.15) is 6.30 Å². The van der Waals surface area contributed by atoms with Gasteiger partial charge in [0.15, 0.2) is 11.2 Å². The van der Waals surface area contributed by atoms with Gasteiger partial charge in [-0.25, -0.2) is 22.5 Å². The summed E-state index contributed by atoms with van der Waals surface area (Å²) < 4.78 is 37.6.